The lowest BCUT2D eigenvalue weighted by atomic mass is 9.78. The van der Waals surface area contributed by atoms with Gasteiger partial charge in [0.15, 0.2) is 0 Å². The van der Waals surface area contributed by atoms with Crippen molar-refractivity contribution in [3.05, 3.63) is 0 Å². The van der Waals surface area contributed by atoms with Gasteiger partial charge in [-0.3, -0.25) is 0 Å². The summed E-state index contributed by atoms with van der Waals surface area (Å²) in [5, 5.41) is 0. The van der Waals surface area contributed by atoms with Crippen LogP contribution in [-0.4, -0.2) is 6.04 Å². The molecule has 1 nitrogen and oxygen atoms in total. The lowest BCUT2D eigenvalue weighted by molar-refractivity contribution is 0.225. The van der Waals surface area contributed by atoms with Gasteiger partial charge in [0.05, 0.1) is 0 Å². The van der Waals surface area contributed by atoms with Crippen molar-refractivity contribution in [1.29, 1.82) is 0 Å². The van der Waals surface area contributed by atoms with Crippen LogP contribution in [0.3, 0.4) is 0 Å². The molecule has 0 saturated carbocycles. The zero-order valence-corrected chi connectivity index (χ0v) is 9.46. The molecule has 0 amide bonds. The molecule has 3 atom stereocenters. The lowest BCUT2D eigenvalue weighted by Gasteiger charge is -2.30. The highest BCUT2D eigenvalue weighted by atomic mass is 14.7. The Balaban J connectivity index is 4.08. The highest BCUT2D eigenvalue weighted by Gasteiger charge is 2.23. The Morgan fingerprint density at radius 2 is 1.08 bits per heavy atom. The quantitative estimate of drug-likeness (QED) is 0.691. The summed E-state index contributed by atoms with van der Waals surface area (Å²) in [6.45, 7) is 13.5. The van der Waals surface area contributed by atoms with E-state index in [4.69, 9.17) is 5.73 Å². The van der Waals surface area contributed by atoms with Crippen LogP contribution >= 0.6 is 0 Å². The van der Waals surface area contributed by atoms with Crippen molar-refractivity contribution in [3.63, 3.8) is 0 Å². The van der Waals surface area contributed by atoms with Crippen molar-refractivity contribution < 1.29 is 0 Å². The van der Waals surface area contributed by atoms with E-state index in [-0.39, 0.29) is 0 Å². The van der Waals surface area contributed by atoms with Gasteiger partial charge in [-0.25, -0.2) is 0 Å². The van der Waals surface area contributed by atoms with Crippen LogP contribution in [0.4, 0.5) is 0 Å². The third-order valence-corrected chi connectivity index (χ3v) is 3.26. The molecular weight excluding hydrogens is 146 g/mol. The van der Waals surface area contributed by atoms with Crippen LogP contribution in [0.1, 0.15) is 41.5 Å². The average Bonchev–Trinajstić information content (AvgIpc) is 2.00. The van der Waals surface area contributed by atoms with Crippen LogP contribution in [-0.2, 0) is 0 Å². The molecule has 0 aliphatic carbocycles. The molecule has 0 aliphatic rings. The summed E-state index contributed by atoms with van der Waals surface area (Å²) in [6.07, 6.45) is 0. The number of nitrogens with two attached hydrogens (primary N) is 1. The van der Waals surface area contributed by atoms with Gasteiger partial charge in [-0.05, 0) is 23.7 Å². The molecule has 0 heterocycles. The summed E-state index contributed by atoms with van der Waals surface area (Å²) >= 11 is 0. The maximum Gasteiger partial charge on any atom is 0.00903 e. The third-order valence-electron chi connectivity index (χ3n) is 3.26. The Kier molecular flexibility index (Phi) is 4.84. The fourth-order valence-electron chi connectivity index (χ4n) is 1.56. The molecule has 0 aliphatic heterocycles. The second-order valence-corrected chi connectivity index (χ2v) is 4.78. The van der Waals surface area contributed by atoms with Gasteiger partial charge in [-0.15, -0.1) is 0 Å². The smallest absolute Gasteiger partial charge is 0.00903 e. The van der Waals surface area contributed by atoms with E-state index >= 15 is 0 Å². The topological polar surface area (TPSA) is 26.0 Å². The Morgan fingerprint density at radius 3 is 1.33 bits per heavy atom. The first kappa shape index (κ1) is 12.0. The number of hydrogen-bond donors (Lipinski definition) is 1. The van der Waals surface area contributed by atoms with Crippen LogP contribution in [0.15, 0.2) is 0 Å². The van der Waals surface area contributed by atoms with Crippen LogP contribution < -0.4 is 5.73 Å². The van der Waals surface area contributed by atoms with Crippen molar-refractivity contribution in [2.24, 2.45) is 29.4 Å². The van der Waals surface area contributed by atoms with Gasteiger partial charge >= 0.3 is 0 Å². The maximum atomic E-state index is 6.10. The number of hydrogen-bond acceptors (Lipinski definition) is 1. The highest BCUT2D eigenvalue weighted by Crippen LogP contribution is 2.24. The molecule has 0 aromatic rings. The summed E-state index contributed by atoms with van der Waals surface area (Å²) < 4.78 is 0. The molecule has 74 valence electrons. The van der Waals surface area contributed by atoms with E-state index < -0.39 is 0 Å². The molecule has 3 unspecified atom stereocenters. The van der Waals surface area contributed by atoms with Crippen LogP contribution in [0.5, 0.6) is 0 Å². The standard InChI is InChI=1S/C11H25N/c1-7(2)9(5)10(6)11(12)8(3)4/h7-11H,12H2,1-6H3. The molecule has 0 aromatic heterocycles. The van der Waals surface area contributed by atoms with Crippen LogP contribution in [0, 0.1) is 23.7 Å². The molecule has 1 heteroatoms. The minimum absolute atomic E-state index is 0.349. The van der Waals surface area contributed by atoms with E-state index in [1.54, 1.807) is 0 Å². The second-order valence-electron chi connectivity index (χ2n) is 4.78. The molecule has 0 aromatic carbocycles. The summed E-state index contributed by atoms with van der Waals surface area (Å²) in [7, 11) is 0. The molecular formula is C11H25N. The minimum Gasteiger partial charge on any atom is -0.327 e. The summed E-state index contributed by atoms with van der Waals surface area (Å²) in [5.41, 5.74) is 6.10. The SMILES string of the molecule is CC(C)C(C)C(C)C(N)C(C)C. The van der Waals surface area contributed by atoms with Gasteiger partial charge in [-0.2, -0.15) is 0 Å². The molecule has 0 fully saturated rings. The molecule has 0 radical (unpaired) electrons. The molecule has 0 spiro atoms. The first-order chi connectivity index (χ1) is 5.37. The monoisotopic (exact) mass is 171 g/mol. The molecule has 2 N–H and O–H groups in total. The predicted octanol–water partition coefficient (Wildman–Crippen LogP) is 2.90. The van der Waals surface area contributed by atoms with Crippen LogP contribution in [0.2, 0.25) is 0 Å². The largest absolute Gasteiger partial charge is 0.327 e. The second kappa shape index (κ2) is 4.86. The van der Waals surface area contributed by atoms with Gasteiger partial charge in [0.25, 0.3) is 0 Å². The Hall–Kier alpha value is -0.0400. The predicted molar refractivity (Wildman–Crippen MR) is 56.0 cm³/mol. The van der Waals surface area contributed by atoms with Crippen molar-refractivity contribution in [3.8, 4) is 0 Å². The van der Waals surface area contributed by atoms with Gasteiger partial charge in [0.2, 0.25) is 0 Å². The van der Waals surface area contributed by atoms with Gasteiger partial charge in [-0.1, -0.05) is 41.5 Å². The van der Waals surface area contributed by atoms with Crippen molar-refractivity contribution in [1.82, 2.24) is 0 Å². The van der Waals surface area contributed by atoms with Gasteiger partial charge in [0.1, 0.15) is 0 Å². The third kappa shape index (κ3) is 3.14. The first-order valence-electron chi connectivity index (χ1n) is 5.13. The zero-order chi connectivity index (χ0) is 9.89. The fourth-order valence-corrected chi connectivity index (χ4v) is 1.56. The molecule has 0 bridgehead atoms. The van der Waals surface area contributed by atoms with E-state index in [0.29, 0.717) is 17.9 Å². The Morgan fingerprint density at radius 1 is 0.667 bits per heavy atom. The van der Waals surface area contributed by atoms with E-state index in [2.05, 4.69) is 41.5 Å². The summed E-state index contributed by atoms with van der Waals surface area (Å²) in [5.74, 6) is 2.69. The maximum absolute atomic E-state index is 6.10. The Bertz CT molecular complexity index is 104. The van der Waals surface area contributed by atoms with Crippen molar-refractivity contribution in [2.45, 2.75) is 47.6 Å². The van der Waals surface area contributed by atoms with Gasteiger partial charge < -0.3 is 5.73 Å². The first-order valence-corrected chi connectivity index (χ1v) is 5.13. The highest BCUT2D eigenvalue weighted by molar-refractivity contribution is 4.77. The molecule has 12 heavy (non-hydrogen) atoms. The van der Waals surface area contributed by atoms with Gasteiger partial charge in [0, 0.05) is 6.04 Å². The Labute approximate surface area is 77.7 Å². The minimum atomic E-state index is 0.349. The van der Waals surface area contributed by atoms with Crippen LogP contribution in [0.25, 0.3) is 0 Å². The average molecular weight is 171 g/mol. The number of rotatable bonds is 4. The molecule has 0 rings (SSSR count). The summed E-state index contributed by atoms with van der Waals surface area (Å²) in [6, 6.07) is 0.349. The molecule has 0 saturated heterocycles. The normalized spacial score (nSPS) is 19.8. The van der Waals surface area contributed by atoms with Crippen molar-refractivity contribution >= 4 is 0 Å². The van der Waals surface area contributed by atoms with E-state index in [1.165, 1.54) is 0 Å². The lowest BCUT2D eigenvalue weighted by Crippen LogP contribution is -2.38. The van der Waals surface area contributed by atoms with Crippen molar-refractivity contribution in [2.75, 3.05) is 0 Å². The van der Waals surface area contributed by atoms with E-state index in [0.717, 1.165) is 11.8 Å². The fraction of sp³-hybridized carbons (Fsp3) is 1.00. The van der Waals surface area contributed by atoms with E-state index in [9.17, 15) is 0 Å². The summed E-state index contributed by atoms with van der Waals surface area (Å²) in [4.78, 5) is 0. The van der Waals surface area contributed by atoms with E-state index in [1.807, 2.05) is 0 Å². The zero-order valence-electron chi connectivity index (χ0n) is 9.46.